The van der Waals surface area contributed by atoms with Crippen molar-refractivity contribution in [2.24, 2.45) is 0 Å². The molecule has 0 spiro atoms. The first-order valence-electron chi connectivity index (χ1n) is 7.84. The van der Waals surface area contributed by atoms with Crippen molar-refractivity contribution in [1.29, 1.82) is 0 Å². The van der Waals surface area contributed by atoms with Crippen molar-refractivity contribution >= 4 is 68.0 Å². The lowest BCUT2D eigenvalue weighted by atomic mass is 10.2. The summed E-state index contributed by atoms with van der Waals surface area (Å²) in [4.78, 5) is 0. The number of ether oxygens (including phenoxy) is 1. The summed E-state index contributed by atoms with van der Waals surface area (Å²) in [5.74, 6) is 1.29. The molecular formula is C18H15BrCl2N4OS. The molecule has 0 aliphatic heterocycles. The summed E-state index contributed by atoms with van der Waals surface area (Å²) in [6.07, 6.45) is 1.85. The second-order valence-electron chi connectivity index (χ2n) is 5.54. The van der Waals surface area contributed by atoms with E-state index in [4.69, 9.17) is 40.2 Å². The van der Waals surface area contributed by atoms with E-state index in [2.05, 4.69) is 31.7 Å². The number of thiocarbonyl (C=S) groups is 1. The van der Waals surface area contributed by atoms with Gasteiger partial charge in [-0.25, -0.2) is 0 Å². The third-order valence-electron chi connectivity index (χ3n) is 3.65. The molecule has 27 heavy (non-hydrogen) atoms. The first-order valence-corrected chi connectivity index (χ1v) is 9.80. The highest BCUT2D eigenvalue weighted by molar-refractivity contribution is 9.10. The van der Waals surface area contributed by atoms with Crippen molar-refractivity contribution in [3.8, 4) is 5.75 Å². The minimum absolute atomic E-state index is 0.398. The molecule has 3 rings (SSSR count). The van der Waals surface area contributed by atoms with Crippen molar-refractivity contribution in [2.45, 2.75) is 6.54 Å². The lowest BCUT2D eigenvalue weighted by Gasteiger charge is -2.12. The van der Waals surface area contributed by atoms with Gasteiger partial charge in [-0.15, -0.1) is 0 Å². The van der Waals surface area contributed by atoms with Crippen molar-refractivity contribution in [1.82, 2.24) is 9.78 Å². The highest BCUT2D eigenvalue weighted by Crippen LogP contribution is 2.26. The smallest absolute Gasteiger partial charge is 0.176 e. The first kappa shape index (κ1) is 19.9. The highest BCUT2D eigenvalue weighted by Gasteiger charge is 2.11. The molecule has 5 nitrogen and oxygen atoms in total. The second kappa shape index (κ2) is 8.93. The van der Waals surface area contributed by atoms with Gasteiger partial charge in [-0.3, -0.25) is 4.68 Å². The Bertz CT molecular complexity index is 980. The normalized spacial score (nSPS) is 10.5. The van der Waals surface area contributed by atoms with Crippen LogP contribution in [0.4, 0.5) is 11.5 Å². The van der Waals surface area contributed by atoms with Gasteiger partial charge in [0.05, 0.1) is 23.8 Å². The SMILES string of the molecule is COc1ccccc1NC(=S)Nc1nn(Cc2ccc(Cl)cc2Cl)cc1Br. The molecule has 0 radical (unpaired) electrons. The maximum absolute atomic E-state index is 6.23. The molecule has 1 heterocycles. The number of aromatic nitrogens is 2. The van der Waals surface area contributed by atoms with E-state index in [0.717, 1.165) is 15.7 Å². The molecule has 0 saturated carbocycles. The minimum Gasteiger partial charge on any atom is -0.495 e. The molecule has 0 bridgehead atoms. The number of anilines is 2. The van der Waals surface area contributed by atoms with Gasteiger partial charge in [0.15, 0.2) is 10.9 Å². The van der Waals surface area contributed by atoms with Crippen LogP contribution < -0.4 is 15.4 Å². The van der Waals surface area contributed by atoms with Gasteiger partial charge in [0, 0.05) is 16.2 Å². The lowest BCUT2D eigenvalue weighted by Crippen LogP contribution is -2.20. The Hall–Kier alpha value is -1.80. The van der Waals surface area contributed by atoms with E-state index in [1.165, 1.54) is 0 Å². The molecule has 0 fully saturated rings. The van der Waals surface area contributed by atoms with Crippen LogP contribution in [0.2, 0.25) is 10.0 Å². The number of halogens is 3. The van der Waals surface area contributed by atoms with Crippen LogP contribution in [0, 0.1) is 0 Å². The number of methoxy groups -OCH3 is 1. The number of hydrogen-bond donors (Lipinski definition) is 2. The monoisotopic (exact) mass is 484 g/mol. The number of nitrogens with one attached hydrogen (secondary N) is 2. The maximum atomic E-state index is 6.23. The summed E-state index contributed by atoms with van der Waals surface area (Å²) in [7, 11) is 1.61. The van der Waals surface area contributed by atoms with Crippen LogP contribution in [0.15, 0.2) is 53.1 Å². The third-order valence-corrected chi connectivity index (χ3v) is 5.02. The van der Waals surface area contributed by atoms with Crippen LogP contribution in [0.1, 0.15) is 5.56 Å². The van der Waals surface area contributed by atoms with Crippen LogP contribution in [-0.2, 0) is 6.54 Å². The van der Waals surface area contributed by atoms with Crippen LogP contribution >= 0.6 is 51.3 Å². The Kier molecular flexibility index (Phi) is 6.59. The Morgan fingerprint density at radius 2 is 2.00 bits per heavy atom. The van der Waals surface area contributed by atoms with Crippen molar-refractivity contribution in [2.75, 3.05) is 17.7 Å². The third kappa shape index (κ3) is 5.13. The first-order chi connectivity index (χ1) is 13.0. The number of rotatable bonds is 5. The molecule has 0 aliphatic rings. The summed E-state index contributed by atoms with van der Waals surface area (Å²) < 4.78 is 7.84. The number of hydrogen-bond acceptors (Lipinski definition) is 3. The summed E-state index contributed by atoms with van der Waals surface area (Å²) in [5.41, 5.74) is 1.68. The fourth-order valence-corrected chi connectivity index (χ4v) is 3.49. The van der Waals surface area contributed by atoms with Crippen LogP contribution in [-0.4, -0.2) is 22.0 Å². The van der Waals surface area contributed by atoms with Gasteiger partial charge in [0.25, 0.3) is 0 Å². The quantitative estimate of drug-likeness (QED) is 0.446. The van der Waals surface area contributed by atoms with Crippen LogP contribution in [0.5, 0.6) is 5.75 Å². The molecule has 0 unspecified atom stereocenters. The van der Waals surface area contributed by atoms with Gasteiger partial charge in [-0.1, -0.05) is 41.4 Å². The summed E-state index contributed by atoms with van der Waals surface area (Å²) in [6.45, 7) is 0.503. The van der Waals surface area contributed by atoms with Gasteiger partial charge in [-0.05, 0) is 58.0 Å². The number of nitrogens with zero attached hydrogens (tertiary/aromatic N) is 2. The average Bonchev–Trinajstić information content (AvgIpc) is 2.97. The van der Waals surface area contributed by atoms with Gasteiger partial charge in [0.1, 0.15) is 5.75 Å². The molecule has 2 N–H and O–H groups in total. The summed E-state index contributed by atoms with van der Waals surface area (Å²) in [6, 6.07) is 12.9. The zero-order chi connectivity index (χ0) is 19.4. The lowest BCUT2D eigenvalue weighted by molar-refractivity contribution is 0.417. The Labute approximate surface area is 180 Å². The van der Waals surface area contributed by atoms with E-state index in [9.17, 15) is 0 Å². The van der Waals surface area contributed by atoms with Crippen molar-refractivity contribution in [3.05, 3.63) is 68.7 Å². The Morgan fingerprint density at radius 1 is 1.22 bits per heavy atom. The Morgan fingerprint density at radius 3 is 2.74 bits per heavy atom. The van der Waals surface area contributed by atoms with E-state index in [-0.39, 0.29) is 0 Å². The molecule has 0 aliphatic carbocycles. The number of para-hydroxylation sites is 2. The average molecular weight is 486 g/mol. The van der Waals surface area contributed by atoms with E-state index >= 15 is 0 Å². The van der Waals surface area contributed by atoms with Crippen LogP contribution in [0.3, 0.4) is 0 Å². The molecule has 0 saturated heterocycles. The maximum Gasteiger partial charge on any atom is 0.176 e. The predicted octanol–water partition coefficient (Wildman–Crippen LogP) is 5.82. The molecule has 140 valence electrons. The topological polar surface area (TPSA) is 51.1 Å². The molecular weight excluding hydrogens is 471 g/mol. The van der Waals surface area contributed by atoms with E-state index in [1.54, 1.807) is 23.9 Å². The minimum atomic E-state index is 0.398. The zero-order valence-electron chi connectivity index (χ0n) is 14.2. The highest BCUT2D eigenvalue weighted by atomic mass is 79.9. The molecule has 9 heteroatoms. The fraction of sp³-hybridized carbons (Fsp3) is 0.111. The van der Waals surface area contributed by atoms with Crippen LogP contribution in [0.25, 0.3) is 0 Å². The fourth-order valence-electron chi connectivity index (χ4n) is 2.40. The Balaban J connectivity index is 1.70. The number of benzene rings is 2. The van der Waals surface area contributed by atoms with E-state index < -0.39 is 0 Å². The summed E-state index contributed by atoms with van der Waals surface area (Å²) in [5, 5.41) is 12.3. The van der Waals surface area contributed by atoms with Crippen molar-refractivity contribution < 1.29 is 4.74 Å². The molecule has 0 atom stereocenters. The standard InChI is InChI=1S/C18H15BrCl2N4OS/c1-26-16-5-3-2-4-15(16)22-18(27)23-17-13(19)10-25(24-17)9-11-6-7-12(20)8-14(11)21/h2-8,10H,9H2,1H3,(H2,22,23,24,27). The van der Waals surface area contributed by atoms with Gasteiger partial charge < -0.3 is 15.4 Å². The van der Waals surface area contributed by atoms with E-state index in [0.29, 0.717) is 33.3 Å². The van der Waals surface area contributed by atoms with Gasteiger partial charge in [0.2, 0.25) is 0 Å². The predicted molar refractivity (Wildman–Crippen MR) is 118 cm³/mol. The van der Waals surface area contributed by atoms with Crippen molar-refractivity contribution in [3.63, 3.8) is 0 Å². The molecule has 3 aromatic rings. The molecule has 1 aromatic heterocycles. The van der Waals surface area contributed by atoms with E-state index in [1.807, 2.05) is 36.5 Å². The largest absolute Gasteiger partial charge is 0.495 e. The molecule has 0 amide bonds. The second-order valence-corrected chi connectivity index (χ2v) is 7.64. The van der Waals surface area contributed by atoms with Gasteiger partial charge in [-0.2, -0.15) is 5.10 Å². The molecule has 2 aromatic carbocycles. The zero-order valence-corrected chi connectivity index (χ0v) is 18.1. The van der Waals surface area contributed by atoms with Gasteiger partial charge >= 0.3 is 0 Å². The summed E-state index contributed by atoms with van der Waals surface area (Å²) >= 11 is 21.0.